The summed E-state index contributed by atoms with van der Waals surface area (Å²) in [4.78, 5) is 14.7. The average Bonchev–Trinajstić information content (AvgIpc) is 3.24. The van der Waals surface area contributed by atoms with Crippen molar-refractivity contribution >= 4 is 5.91 Å². The Morgan fingerprint density at radius 3 is 2.67 bits per heavy atom. The monoisotopic (exact) mass is 356 g/mol. The standard InChI is InChI=1S/C22H20N4O/c23-14-16-8-10-18(11-9-16)22(27)26-12-4-7-19(15-26)21-13-20(24-25-21)17-5-2-1-3-6-17/h1-3,5-6,8-11,13,19H,4,7,12,15H2,(H,24,25)/t19-/m0/s1. The molecule has 0 radical (unpaired) electrons. The van der Waals surface area contributed by atoms with Crippen LogP contribution in [0, 0.1) is 11.3 Å². The first kappa shape index (κ1) is 17.0. The Morgan fingerprint density at radius 1 is 1.15 bits per heavy atom. The molecule has 1 fully saturated rings. The molecule has 1 amide bonds. The molecule has 0 saturated carbocycles. The van der Waals surface area contributed by atoms with Gasteiger partial charge in [0.1, 0.15) is 0 Å². The molecule has 5 heteroatoms. The second-order valence-corrected chi connectivity index (χ2v) is 6.85. The molecule has 3 aromatic rings. The second kappa shape index (κ2) is 7.46. The molecule has 134 valence electrons. The molecule has 1 aliphatic rings. The summed E-state index contributed by atoms with van der Waals surface area (Å²) in [6.07, 6.45) is 2.00. The number of carbonyl (C=O) groups excluding carboxylic acids is 1. The van der Waals surface area contributed by atoms with Gasteiger partial charge in [-0.25, -0.2) is 0 Å². The molecule has 5 nitrogen and oxygen atoms in total. The predicted octanol–water partition coefficient (Wildman–Crippen LogP) is 3.97. The molecule has 4 rings (SSSR count). The van der Waals surface area contributed by atoms with Crippen molar-refractivity contribution in [3.63, 3.8) is 0 Å². The van der Waals surface area contributed by atoms with E-state index in [-0.39, 0.29) is 11.8 Å². The molecule has 1 aliphatic heterocycles. The van der Waals surface area contributed by atoms with Gasteiger partial charge >= 0.3 is 0 Å². The number of H-pyrrole nitrogens is 1. The van der Waals surface area contributed by atoms with E-state index in [1.54, 1.807) is 24.3 Å². The smallest absolute Gasteiger partial charge is 0.253 e. The van der Waals surface area contributed by atoms with Crippen molar-refractivity contribution in [3.8, 4) is 17.3 Å². The number of amides is 1. The van der Waals surface area contributed by atoms with E-state index < -0.39 is 0 Å². The van der Waals surface area contributed by atoms with E-state index in [9.17, 15) is 4.79 Å². The maximum absolute atomic E-state index is 12.8. The number of nitrogens with one attached hydrogen (secondary N) is 1. The van der Waals surface area contributed by atoms with Crippen molar-refractivity contribution in [1.82, 2.24) is 15.1 Å². The molecule has 0 bridgehead atoms. The molecule has 1 N–H and O–H groups in total. The van der Waals surface area contributed by atoms with Gasteiger partial charge in [0, 0.05) is 35.8 Å². The highest BCUT2D eigenvalue weighted by atomic mass is 16.2. The summed E-state index contributed by atoms with van der Waals surface area (Å²) >= 11 is 0. The van der Waals surface area contributed by atoms with Gasteiger partial charge in [-0.2, -0.15) is 10.4 Å². The fourth-order valence-corrected chi connectivity index (χ4v) is 3.59. The van der Waals surface area contributed by atoms with Crippen LogP contribution < -0.4 is 0 Å². The summed E-state index contributed by atoms with van der Waals surface area (Å²) in [6.45, 7) is 1.43. The lowest BCUT2D eigenvalue weighted by Gasteiger charge is -2.32. The zero-order chi connectivity index (χ0) is 18.6. The molecule has 27 heavy (non-hydrogen) atoms. The van der Waals surface area contributed by atoms with Gasteiger partial charge in [-0.15, -0.1) is 0 Å². The van der Waals surface area contributed by atoms with Gasteiger partial charge < -0.3 is 4.90 Å². The number of piperidine rings is 1. The molecule has 0 unspecified atom stereocenters. The van der Waals surface area contributed by atoms with Gasteiger partial charge in [-0.1, -0.05) is 30.3 Å². The number of rotatable bonds is 3. The third kappa shape index (κ3) is 3.61. The molecule has 1 saturated heterocycles. The second-order valence-electron chi connectivity index (χ2n) is 6.85. The molecular weight excluding hydrogens is 336 g/mol. The third-order valence-electron chi connectivity index (χ3n) is 5.08. The Morgan fingerprint density at radius 2 is 1.93 bits per heavy atom. The van der Waals surface area contributed by atoms with Crippen LogP contribution >= 0.6 is 0 Å². The molecule has 1 aromatic heterocycles. The van der Waals surface area contributed by atoms with Crippen LogP contribution in [0.1, 0.15) is 40.4 Å². The van der Waals surface area contributed by atoms with E-state index in [2.05, 4.69) is 22.3 Å². The lowest BCUT2D eigenvalue weighted by Crippen LogP contribution is -2.39. The summed E-state index contributed by atoms with van der Waals surface area (Å²) in [5.41, 5.74) is 4.28. The number of benzene rings is 2. The summed E-state index contributed by atoms with van der Waals surface area (Å²) in [5.74, 6) is 0.276. The Kier molecular flexibility index (Phi) is 4.71. The summed E-state index contributed by atoms with van der Waals surface area (Å²) in [6, 6.07) is 21.1. The lowest BCUT2D eigenvalue weighted by molar-refractivity contribution is 0.0706. The minimum atomic E-state index is 0.0204. The number of hydrogen-bond acceptors (Lipinski definition) is 3. The maximum atomic E-state index is 12.8. The van der Waals surface area contributed by atoms with Crippen molar-refractivity contribution in [3.05, 3.63) is 77.5 Å². The van der Waals surface area contributed by atoms with Gasteiger partial charge in [0.25, 0.3) is 5.91 Å². The number of hydrogen-bond donors (Lipinski definition) is 1. The van der Waals surface area contributed by atoms with Crippen LogP contribution in [0.2, 0.25) is 0 Å². The number of nitriles is 1. The highest BCUT2D eigenvalue weighted by Gasteiger charge is 2.26. The molecule has 2 heterocycles. The Hall–Kier alpha value is -3.39. The van der Waals surface area contributed by atoms with Gasteiger partial charge in [0.2, 0.25) is 0 Å². The van der Waals surface area contributed by atoms with E-state index in [0.29, 0.717) is 17.7 Å². The van der Waals surface area contributed by atoms with Crippen LogP contribution in [0.25, 0.3) is 11.3 Å². The summed E-state index contributed by atoms with van der Waals surface area (Å²) < 4.78 is 0. The molecule has 0 aliphatic carbocycles. The topological polar surface area (TPSA) is 72.8 Å². The highest BCUT2D eigenvalue weighted by Crippen LogP contribution is 2.29. The third-order valence-corrected chi connectivity index (χ3v) is 5.08. The van der Waals surface area contributed by atoms with E-state index in [4.69, 9.17) is 5.26 Å². The minimum absolute atomic E-state index is 0.0204. The molecular formula is C22H20N4O. The zero-order valence-corrected chi connectivity index (χ0v) is 14.9. The van der Waals surface area contributed by atoms with Crippen molar-refractivity contribution in [2.45, 2.75) is 18.8 Å². The quantitative estimate of drug-likeness (QED) is 0.772. The number of aromatic nitrogens is 2. The molecule has 2 aromatic carbocycles. The van der Waals surface area contributed by atoms with Crippen LogP contribution in [0.4, 0.5) is 0 Å². The molecule has 0 spiro atoms. The number of nitrogens with zero attached hydrogens (tertiary/aromatic N) is 3. The maximum Gasteiger partial charge on any atom is 0.253 e. The Balaban J connectivity index is 1.49. The SMILES string of the molecule is N#Cc1ccc(C(=O)N2CCC[C@H](c3cc(-c4ccccc4)n[nH]3)C2)cc1. The first-order valence-corrected chi connectivity index (χ1v) is 9.15. The van der Waals surface area contributed by atoms with E-state index >= 15 is 0 Å². The first-order chi connectivity index (χ1) is 13.2. The Labute approximate surface area is 158 Å². The van der Waals surface area contributed by atoms with Crippen LogP contribution in [-0.4, -0.2) is 34.1 Å². The van der Waals surface area contributed by atoms with Gasteiger partial charge in [0.15, 0.2) is 0 Å². The first-order valence-electron chi connectivity index (χ1n) is 9.15. The number of carbonyl (C=O) groups is 1. The van der Waals surface area contributed by atoms with E-state index in [1.165, 1.54) is 0 Å². The lowest BCUT2D eigenvalue weighted by atomic mass is 9.93. The van der Waals surface area contributed by atoms with E-state index in [1.807, 2.05) is 35.2 Å². The van der Waals surface area contributed by atoms with Crippen molar-refractivity contribution in [1.29, 1.82) is 5.26 Å². The number of aromatic amines is 1. The van der Waals surface area contributed by atoms with Crippen LogP contribution in [-0.2, 0) is 0 Å². The predicted molar refractivity (Wildman–Crippen MR) is 103 cm³/mol. The van der Waals surface area contributed by atoms with Crippen LogP contribution in [0.15, 0.2) is 60.7 Å². The van der Waals surface area contributed by atoms with Gasteiger partial charge in [0.05, 0.1) is 17.3 Å². The fraction of sp³-hybridized carbons (Fsp3) is 0.227. The Bertz CT molecular complexity index is 970. The summed E-state index contributed by atoms with van der Waals surface area (Å²) in [5, 5.41) is 16.5. The highest BCUT2D eigenvalue weighted by molar-refractivity contribution is 5.94. The van der Waals surface area contributed by atoms with Crippen LogP contribution in [0.3, 0.4) is 0 Å². The van der Waals surface area contributed by atoms with Crippen molar-refractivity contribution < 1.29 is 4.79 Å². The average molecular weight is 356 g/mol. The van der Waals surface area contributed by atoms with Crippen molar-refractivity contribution in [2.75, 3.05) is 13.1 Å². The normalized spacial score (nSPS) is 16.7. The van der Waals surface area contributed by atoms with Gasteiger partial charge in [-0.05, 0) is 43.2 Å². The van der Waals surface area contributed by atoms with Gasteiger partial charge in [-0.3, -0.25) is 9.89 Å². The fourth-order valence-electron chi connectivity index (χ4n) is 3.59. The zero-order valence-electron chi connectivity index (χ0n) is 14.9. The molecule has 1 atom stereocenters. The summed E-state index contributed by atoms with van der Waals surface area (Å²) in [7, 11) is 0. The number of likely N-dealkylation sites (tertiary alicyclic amines) is 1. The largest absolute Gasteiger partial charge is 0.338 e. The van der Waals surface area contributed by atoms with Crippen molar-refractivity contribution in [2.24, 2.45) is 0 Å². The minimum Gasteiger partial charge on any atom is -0.338 e. The van der Waals surface area contributed by atoms with E-state index in [0.717, 1.165) is 36.3 Å². The van der Waals surface area contributed by atoms with Crippen LogP contribution in [0.5, 0.6) is 0 Å².